The molecule has 0 bridgehead atoms. The van der Waals surface area contributed by atoms with Crippen LogP contribution in [-0.4, -0.2) is 10.4 Å². The molecule has 3 rings (SSSR count). The Hall–Kier alpha value is -1.64. The Morgan fingerprint density at radius 3 is 2.83 bits per heavy atom. The number of hydrogen-bond acceptors (Lipinski definition) is 1. The summed E-state index contributed by atoms with van der Waals surface area (Å²) in [6, 6.07) is 6.74. The molecule has 1 aromatic carbocycles. The van der Waals surface area contributed by atoms with Crippen molar-refractivity contribution in [3.8, 4) is 0 Å². The summed E-state index contributed by atoms with van der Waals surface area (Å²) in [5.74, 6) is 0.282. The highest BCUT2D eigenvalue weighted by molar-refractivity contribution is 5.85. The van der Waals surface area contributed by atoms with Crippen LogP contribution in [0.5, 0.6) is 0 Å². The molecule has 0 aliphatic heterocycles. The fourth-order valence-corrected chi connectivity index (χ4v) is 2.87. The fraction of sp³-hybridized carbons (Fsp3) is 0.400. The Morgan fingerprint density at radius 1 is 1.28 bits per heavy atom. The molecule has 2 aromatic rings. The van der Waals surface area contributed by atoms with Crippen molar-refractivity contribution >= 4 is 16.7 Å². The van der Waals surface area contributed by atoms with Crippen LogP contribution in [0, 0.1) is 11.7 Å². The molecule has 94 valence electrons. The van der Waals surface area contributed by atoms with Gasteiger partial charge in [0.25, 0.3) is 0 Å². The summed E-state index contributed by atoms with van der Waals surface area (Å²) in [7, 11) is 0. The molecule has 1 heterocycles. The van der Waals surface area contributed by atoms with E-state index < -0.39 is 0 Å². The third-order valence-electron chi connectivity index (χ3n) is 3.90. The van der Waals surface area contributed by atoms with Gasteiger partial charge in [-0.2, -0.15) is 0 Å². The standard InChI is InChI=1S/C15H16FNO/c16-13-6-3-7-14-12(13)8-9-17(14)10-15(18)11-4-1-2-5-11/h3,6-9,11H,1-2,4-5,10H2. The van der Waals surface area contributed by atoms with E-state index >= 15 is 0 Å². The second-order valence-electron chi connectivity index (χ2n) is 5.06. The largest absolute Gasteiger partial charge is 0.340 e. The predicted octanol–water partition coefficient (Wildman–Crippen LogP) is 3.54. The van der Waals surface area contributed by atoms with Gasteiger partial charge in [-0.15, -0.1) is 0 Å². The summed E-state index contributed by atoms with van der Waals surface area (Å²) < 4.78 is 15.4. The number of nitrogens with zero attached hydrogens (tertiary/aromatic N) is 1. The highest BCUT2D eigenvalue weighted by Gasteiger charge is 2.22. The van der Waals surface area contributed by atoms with Gasteiger partial charge in [-0.3, -0.25) is 4.79 Å². The monoisotopic (exact) mass is 245 g/mol. The maximum Gasteiger partial charge on any atom is 0.155 e. The van der Waals surface area contributed by atoms with Crippen molar-refractivity contribution in [1.82, 2.24) is 4.57 Å². The van der Waals surface area contributed by atoms with E-state index in [9.17, 15) is 9.18 Å². The second kappa shape index (κ2) is 4.56. The molecule has 1 fully saturated rings. The van der Waals surface area contributed by atoms with Gasteiger partial charge in [-0.25, -0.2) is 4.39 Å². The van der Waals surface area contributed by atoms with Crippen molar-refractivity contribution in [3.05, 3.63) is 36.3 Å². The second-order valence-corrected chi connectivity index (χ2v) is 5.06. The van der Waals surface area contributed by atoms with Crippen molar-refractivity contribution in [3.63, 3.8) is 0 Å². The van der Waals surface area contributed by atoms with Crippen molar-refractivity contribution in [2.75, 3.05) is 0 Å². The molecular formula is C15H16FNO. The van der Waals surface area contributed by atoms with Crippen molar-refractivity contribution < 1.29 is 9.18 Å². The molecule has 0 radical (unpaired) electrons. The third kappa shape index (κ3) is 1.94. The minimum Gasteiger partial charge on any atom is -0.340 e. The molecule has 1 aromatic heterocycles. The Kier molecular flexibility index (Phi) is 2.90. The quantitative estimate of drug-likeness (QED) is 0.810. The number of hydrogen-bond donors (Lipinski definition) is 0. The number of fused-ring (bicyclic) bond motifs is 1. The summed E-state index contributed by atoms with van der Waals surface area (Å²) >= 11 is 0. The average Bonchev–Trinajstić information content (AvgIpc) is 2.99. The SMILES string of the molecule is O=C(Cn1ccc2c(F)cccc21)C1CCCC1. The smallest absolute Gasteiger partial charge is 0.155 e. The van der Waals surface area contributed by atoms with Crippen molar-refractivity contribution in [2.24, 2.45) is 5.92 Å². The van der Waals surface area contributed by atoms with E-state index in [1.165, 1.54) is 6.07 Å². The minimum absolute atomic E-state index is 0.219. The molecule has 1 aliphatic carbocycles. The number of aromatic nitrogens is 1. The average molecular weight is 245 g/mol. The maximum absolute atomic E-state index is 13.5. The van der Waals surface area contributed by atoms with Gasteiger partial charge in [0.15, 0.2) is 5.78 Å². The zero-order valence-electron chi connectivity index (χ0n) is 10.2. The minimum atomic E-state index is -0.223. The number of halogens is 1. The highest BCUT2D eigenvalue weighted by atomic mass is 19.1. The topological polar surface area (TPSA) is 22.0 Å². The predicted molar refractivity (Wildman–Crippen MR) is 68.9 cm³/mol. The van der Waals surface area contributed by atoms with Gasteiger partial charge in [0.1, 0.15) is 5.82 Å². The normalized spacial score (nSPS) is 16.5. The summed E-state index contributed by atoms with van der Waals surface area (Å²) in [5.41, 5.74) is 0.807. The Balaban J connectivity index is 1.86. The van der Waals surface area contributed by atoms with E-state index in [1.807, 2.05) is 10.6 Å². The Labute approximate surface area is 105 Å². The summed E-state index contributed by atoms with van der Waals surface area (Å²) in [5, 5.41) is 0.594. The third-order valence-corrected chi connectivity index (χ3v) is 3.90. The molecule has 0 amide bonds. The summed E-state index contributed by atoms with van der Waals surface area (Å²) in [4.78, 5) is 12.1. The molecule has 1 aliphatic rings. The van der Waals surface area contributed by atoms with Gasteiger partial charge in [0.05, 0.1) is 12.1 Å². The lowest BCUT2D eigenvalue weighted by Crippen LogP contribution is -2.17. The number of carbonyl (C=O) groups excluding carboxylic acids is 1. The van der Waals surface area contributed by atoms with Gasteiger partial charge < -0.3 is 4.57 Å². The first-order valence-electron chi connectivity index (χ1n) is 6.52. The lowest BCUT2D eigenvalue weighted by atomic mass is 10.0. The molecule has 0 N–H and O–H groups in total. The van der Waals surface area contributed by atoms with Crippen molar-refractivity contribution in [1.29, 1.82) is 0 Å². The molecule has 0 saturated heterocycles. The van der Waals surface area contributed by atoms with E-state index in [-0.39, 0.29) is 17.5 Å². The van der Waals surface area contributed by atoms with Gasteiger partial charge in [-0.05, 0) is 31.0 Å². The first-order valence-corrected chi connectivity index (χ1v) is 6.52. The lowest BCUT2D eigenvalue weighted by Gasteiger charge is -2.09. The number of Topliss-reactive ketones (excluding diaryl/α,β-unsaturated/α-hetero) is 1. The molecule has 0 spiro atoms. The van der Waals surface area contributed by atoms with Crippen molar-refractivity contribution in [2.45, 2.75) is 32.2 Å². The summed E-state index contributed by atoms with van der Waals surface area (Å²) in [6.07, 6.45) is 6.17. The molecule has 1 saturated carbocycles. The lowest BCUT2D eigenvalue weighted by molar-refractivity contribution is -0.123. The highest BCUT2D eigenvalue weighted by Crippen LogP contribution is 2.27. The summed E-state index contributed by atoms with van der Waals surface area (Å²) in [6.45, 7) is 0.373. The Morgan fingerprint density at radius 2 is 2.06 bits per heavy atom. The number of rotatable bonds is 3. The van der Waals surface area contributed by atoms with Crippen LogP contribution >= 0.6 is 0 Å². The van der Waals surface area contributed by atoms with E-state index in [0.717, 1.165) is 31.2 Å². The number of ketones is 1. The van der Waals surface area contributed by atoms with E-state index in [2.05, 4.69) is 0 Å². The van der Waals surface area contributed by atoms with Crippen LogP contribution in [-0.2, 0) is 11.3 Å². The first kappa shape index (κ1) is 11.5. The van der Waals surface area contributed by atoms with Gasteiger partial charge in [-0.1, -0.05) is 18.9 Å². The van der Waals surface area contributed by atoms with Crippen LogP contribution in [0.15, 0.2) is 30.5 Å². The van der Waals surface area contributed by atoms with Crippen LogP contribution in [0.25, 0.3) is 10.9 Å². The Bertz CT molecular complexity index is 581. The molecule has 3 heteroatoms. The van der Waals surface area contributed by atoms with Gasteiger partial charge >= 0.3 is 0 Å². The van der Waals surface area contributed by atoms with Crippen LogP contribution in [0.2, 0.25) is 0 Å². The van der Waals surface area contributed by atoms with E-state index in [4.69, 9.17) is 0 Å². The molecule has 0 atom stereocenters. The molecular weight excluding hydrogens is 229 g/mol. The zero-order chi connectivity index (χ0) is 12.5. The van der Waals surface area contributed by atoms with Gasteiger partial charge in [0, 0.05) is 17.5 Å². The molecule has 18 heavy (non-hydrogen) atoms. The van der Waals surface area contributed by atoms with E-state index in [0.29, 0.717) is 11.9 Å². The fourth-order valence-electron chi connectivity index (χ4n) is 2.87. The van der Waals surface area contributed by atoms with Crippen LogP contribution < -0.4 is 0 Å². The van der Waals surface area contributed by atoms with Crippen LogP contribution in [0.4, 0.5) is 4.39 Å². The number of benzene rings is 1. The van der Waals surface area contributed by atoms with E-state index in [1.54, 1.807) is 18.3 Å². The maximum atomic E-state index is 13.5. The molecule has 2 nitrogen and oxygen atoms in total. The van der Waals surface area contributed by atoms with Crippen LogP contribution in [0.3, 0.4) is 0 Å². The zero-order valence-corrected chi connectivity index (χ0v) is 10.2. The van der Waals surface area contributed by atoms with Crippen LogP contribution in [0.1, 0.15) is 25.7 Å². The number of carbonyl (C=O) groups is 1. The first-order chi connectivity index (χ1) is 8.75. The molecule has 0 unspecified atom stereocenters. The van der Waals surface area contributed by atoms with Gasteiger partial charge in [0.2, 0.25) is 0 Å².